The molecule has 1 N–H and O–H groups in total. The van der Waals surface area contributed by atoms with E-state index in [1.165, 1.54) is 23.8 Å². The van der Waals surface area contributed by atoms with Gasteiger partial charge >= 0.3 is 0 Å². The van der Waals surface area contributed by atoms with Crippen LogP contribution in [0.25, 0.3) is 21.8 Å². The second-order valence-electron chi connectivity index (χ2n) is 17.2. The van der Waals surface area contributed by atoms with Crippen molar-refractivity contribution in [1.82, 2.24) is 14.1 Å². The molecule has 0 amide bonds. The van der Waals surface area contributed by atoms with Gasteiger partial charge in [-0.2, -0.15) is 0 Å². The van der Waals surface area contributed by atoms with Crippen molar-refractivity contribution in [2.75, 3.05) is 0 Å². The van der Waals surface area contributed by atoms with Crippen molar-refractivity contribution in [2.45, 2.75) is 90.1 Å². The van der Waals surface area contributed by atoms with Crippen molar-refractivity contribution in [1.29, 1.82) is 0 Å². The van der Waals surface area contributed by atoms with Crippen LogP contribution < -0.4 is 0 Å². The third kappa shape index (κ3) is 9.97. The van der Waals surface area contributed by atoms with Crippen molar-refractivity contribution < 1.29 is 32.3 Å². The number of fused-ring (bicyclic) bond motifs is 2. The average Bonchev–Trinajstić information content (AvgIpc) is 4.04. The van der Waals surface area contributed by atoms with Gasteiger partial charge in [0.05, 0.1) is 12.2 Å². The highest BCUT2D eigenvalue weighted by Crippen LogP contribution is 2.42. The van der Waals surface area contributed by atoms with Crippen molar-refractivity contribution in [3.63, 3.8) is 0 Å². The highest BCUT2D eigenvalue weighted by atomic mass is 19.2. The Labute approximate surface area is 376 Å². The van der Waals surface area contributed by atoms with Crippen LogP contribution in [0.4, 0.5) is 17.6 Å². The second kappa shape index (κ2) is 19.9. The van der Waals surface area contributed by atoms with Crippen LogP contribution in [0.5, 0.6) is 5.75 Å². The first-order valence-corrected chi connectivity index (χ1v) is 22.3. The van der Waals surface area contributed by atoms with E-state index in [9.17, 15) is 32.3 Å². The van der Waals surface area contributed by atoms with Crippen LogP contribution in [0.3, 0.4) is 0 Å². The molecular weight excluding hydrogens is 827 g/mol. The molecule has 0 spiro atoms. The van der Waals surface area contributed by atoms with E-state index in [2.05, 4.69) is 46.2 Å². The molecule has 0 radical (unpaired) electrons. The maximum Gasteiger partial charge on any atom is 0.165 e. The molecule has 3 heterocycles. The van der Waals surface area contributed by atoms with Gasteiger partial charge in [-0.15, -0.1) is 0 Å². The highest BCUT2D eigenvalue weighted by molar-refractivity contribution is 6.11. The van der Waals surface area contributed by atoms with E-state index in [4.69, 9.17) is 0 Å². The van der Waals surface area contributed by atoms with Crippen LogP contribution in [0.15, 0.2) is 134 Å². The van der Waals surface area contributed by atoms with Gasteiger partial charge in [0.15, 0.2) is 34.8 Å². The number of benzene rings is 5. The minimum Gasteiger partial charge on any atom is -0.508 e. The molecule has 0 aliphatic heterocycles. The number of ketones is 2. The largest absolute Gasteiger partial charge is 0.508 e. The number of hydrogen-bond donors (Lipinski definition) is 1. The zero-order valence-electron chi connectivity index (χ0n) is 36.5. The Morgan fingerprint density at radius 1 is 0.615 bits per heavy atom. The predicted molar refractivity (Wildman–Crippen MR) is 248 cm³/mol. The second-order valence-corrected chi connectivity index (χ2v) is 17.2. The molecule has 0 unspecified atom stereocenters. The molecule has 10 heteroatoms. The normalized spacial score (nSPS) is 12.8. The van der Waals surface area contributed by atoms with Crippen molar-refractivity contribution in [3.05, 3.63) is 202 Å². The summed E-state index contributed by atoms with van der Waals surface area (Å²) in [6.45, 7) is 5.42. The maximum absolute atomic E-state index is 13.7. The van der Waals surface area contributed by atoms with E-state index in [0.717, 1.165) is 88.3 Å². The lowest BCUT2D eigenvalue weighted by Gasteiger charge is -2.17. The number of nitrogens with zero attached hydrogens (tertiary/aromatic N) is 3. The molecule has 1 aliphatic carbocycles. The minimum atomic E-state index is -0.909. The molecule has 5 aromatic carbocycles. The van der Waals surface area contributed by atoms with E-state index >= 15 is 0 Å². The Hall–Kier alpha value is -6.81. The molecule has 1 aliphatic rings. The molecule has 0 bridgehead atoms. The molecule has 1 fully saturated rings. The summed E-state index contributed by atoms with van der Waals surface area (Å²) < 4.78 is 58.2. The number of rotatable bonds is 14. The third-order valence-corrected chi connectivity index (χ3v) is 12.4. The number of pyridine rings is 1. The number of aromatic nitrogens is 3. The number of Topliss-reactive ketones (excluding diaryl/α,β-unsaturated/α-hetero) is 2. The van der Waals surface area contributed by atoms with Gasteiger partial charge in [0.1, 0.15) is 5.75 Å². The number of aryl methyl sites for hydroxylation is 2. The van der Waals surface area contributed by atoms with Crippen molar-refractivity contribution in [3.8, 4) is 5.75 Å². The number of carbonyl (C=O) groups is 2. The van der Waals surface area contributed by atoms with Crippen LogP contribution in [-0.4, -0.2) is 30.8 Å². The summed E-state index contributed by atoms with van der Waals surface area (Å²) in [5.41, 5.74) is 8.58. The molecule has 9 rings (SSSR count). The predicted octanol–water partition coefficient (Wildman–Crippen LogP) is 13.4. The van der Waals surface area contributed by atoms with Gasteiger partial charge in [-0.05, 0) is 115 Å². The monoisotopic (exact) mass is 877 g/mol. The molecule has 0 atom stereocenters. The summed E-state index contributed by atoms with van der Waals surface area (Å²) in [7, 11) is 0. The van der Waals surface area contributed by atoms with Gasteiger partial charge in [-0.25, -0.2) is 17.6 Å². The first kappa shape index (κ1) is 44.8. The molecular formula is C55H51F4N3O3. The van der Waals surface area contributed by atoms with Crippen LogP contribution in [0.1, 0.15) is 119 Å². The van der Waals surface area contributed by atoms with Crippen LogP contribution in [-0.2, 0) is 25.9 Å². The minimum absolute atomic E-state index is 0.0245. The summed E-state index contributed by atoms with van der Waals surface area (Å²) in [5.74, 6) is -3.08. The van der Waals surface area contributed by atoms with E-state index in [-0.39, 0.29) is 42.0 Å². The van der Waals surface area contributed by atoms with Crippen molar-refractivity contribution in [2.24, 2.45) is 0 Å². The van der Waals surface area contributed by atoms with Crippen LogP contribution in [0, 0.1) is 23.3 Å². The van der Waals surface area contributed by atoms with E-state index in [1.807, 2.05) is 60.7 Å². The summed E-state index contributed by atoms with van der Waals surface area (Å²) >= 11 is 0. The Morgan fingerprint density at radius 2 is 1.22 bits per heavy atom. The van der Waals surface area contributed by atoms with Gasteiger partial charge in [-0.1, -0.05) is 93.4 Å². The number of phenols is 1. The number of phenolic OH excluding ortho intramolecular Hbond substituents is 1. The smallest absolute Gasteiger partial charge is 0.165 e. The quantitative estimate of drug-likeness (QED) is 0.0872. The fraction of sp³-hybridized carbons (Fsp3) is 0.255. The highest BCUT2D eigenvalue weighted by Gasteiger charge is 2.30. The number of halogens is 4. The fourth-order valence-electron chi connectivity index (χ4n) is 9.41. The summed E-state index contributed by atoms with van der Waals surface area (Å²) in [4.78, 5) is 31.5. The van der Waals surface area contributed by atoms with Gasteiger partial charge < -0.3 is 14.2 Å². The van der Waals surface area contributed by atoms with Gasteiger partial charge in [0.25, 0.3) is 0 Å². The van der Waals surface area contributed by atoms with Gasteiger partial charge in [0, 0.05) is 69.9 Å². The number of hydrogen-bond acceptors (Lipinski definition) is 4. The van der Waals surface area contributed by atoms with E-state index < -0.39 is 23.3 Å². The molecule has 0 saturated heterocycles. The summed E-state index contributed by atoms with van der Waals surface area (Å²) in [6, 6.07) is 36.7. The zero-order chi connectivity index (χ0) is 45.6. The first-order valence-electron chi connectivity index (χ1n) is 22.3. The van der Waals surface area contributed by atoms with Gasteiger partial charge in [-0.3, -0.25) is 14.6 Å². The molecule has 332 valence electrons. The standard InChI is InChI=1S/C28H26F2N2O2.C27H25F2NO/c29-23-11-8-18(15-24(23)30)9-13-26(34)27-22-16-21(33)10-12-25(22)32(17-20-7-3-4-14-31-20)28(27)19-5-1-2-6-19;1-18(2)27-26(25(31)15-13-19-12-14-22(28)23(29)16-19)21-10-6-7-11-24(21)30(27)17-20-8-4-3-5-9-20/h3-4,7-8,10-12,14-16,19,33H,1-2,5-6,9,13,17H2;3-12,14,16,18H,13,15,17H2,1-2H3. The lowest BCUT2D eigenvalue weighted by atomic mass is 9.93. The number of aromatic hydroxyl groups is 1. The molecule has 65 heavy (non-hydrogen) atoms. The summed E-state index contributed by atoms with van der Waals surface area (Å²) in [6.07, 6.45) is 7.09. The summed E-state index contributed by atoms with van der Waals surface area (Å²) in [5, 5.41) is 11.9. The van der Waals surface area contributed by atoms with E-state index in [1.54, 1.807) is 18.3 Å². The lowest BCUT2D eigenvalue weighted by Crippen LogP contribution is -2.12. The number of carbonyl (C=O) groups excluding carboxylic acids is 2. The Morgan fingerprint density at radius 3 is 1.83 bits per heavy atom. The van der Waals surface area contributed by atoms with Crippen LogP contribution in [0.2, 0.25) is 0 Å². The zero-order valence-corrected chi connectivity index (χ0v) is 36.5. The van der Waals surface area contributed by atoms with Gasteiger partial charge in [0.2, 0.25) is 0 Å². The van der Waals surface area contributed by atoms with Crippen LogP contribution >= 0.6 is 0 Å². The molecule has 1 saturated carbocycles. The Bertz CT molecular complexity index is 2970. The molecule has 6 nitrogen and oxygen atoms in total. The fourth-order valence-corrected chi connectivity index (χ4v) is 9.41. The average molecular weight is 878 g/mol. The van der Waals surface area contributed by atoms with Crippen molar-refractivity contribution >= 4 is 33.4 Å². The first-order chi connectivity index (χ1) is 31.5. The third-order valence-electron chi connectivity index (χ3n) is 12.4. The number of para-hydroxylation sites is 1. The molecule has 8 aromatic rings. The maximum atomic E-state index is 13.7. The Balaban J connectivity index is 0.000000178. The SMILES string of the molecule is CC(C)c1c(C(=O)CCc2ccc(F)c(F)c2)c2ccccc2n1Cc1ccccc1.O=C(CCc1ccc(F)c(F)c1)c1c(C2CCCC2)n(Cc2ccccn2)c2ccc(O)cc12. The van der Waals surface area contributed by atoms with E-state index in [0.29, 0.717) is 42.6 Å². The topological polar surface area (TPSA) is 77.1 Å². The Kier molecular flexibility index (Phi) is 13.7. The molecule has 3 aromatic heterocycles. The lowest BCUT2D eigenvalue weighted by molar-refractivity contribution is 0.0974.